The predicted octanol–water partition coefficient (Wildman–Crippen LogP) is 4.36. The molecule has 2 heterocycles. The van der Waals surface area contributed by atoms with Gasteiger partial charge in [0, 0.05) is 24.3 Å². The molecule has 2 aromatic carbocycles. The first-order valence-corrected chi connectivity index (χ1v) is 8.74. The maximum absolute atomic E-state index is 2.12. The van der Waals surface area contributed by atoms with Gasteiger partial charge in [-0.1, -0.05) is 60.7 Å². The monoisotopic (exact) mass is 340 g/mol. The Bertz CT molecular complexity index is 832. The number of aryl methyl sites for hydroxylation is 2. The number of hydrogen-bond donors (Lipinski definition) is 0. The lowest BCUT2D eigenvalue weighted by Gasteiger charge is -1.98. The molecule has 2 aromatic heterocycles. The van der Waals surface area contributed by atoms with Crippen molar-refractivity contribution in [1.29, 1.82) is 0 Å². The molecule has 0 atom stereocenters. The molecule has 0 aliphatic rings. The molecule has 0 saturated carbocycles. The van der Waals surface area contributed by atoms with E-state index in [1.165, 1.54) is 22.3 Å². The predicted molar refractivity (Wildman–Crippen MR) is 106 cm³/mol. The minimum absolute atomic E-state index is 1.26. The van der Waals surface area contributed by atoms with Crippen LogP contribution in [0.15, 0.2) is 110 Å². The third-order valence-corrected chi connectivity index (χ3v) is 4.17. The first kappa shape index (κ1) is 17.6. The molecule has 4 rings (SSSR count). The van der Waals surface area contributed by atoms with Gasteiger partial charge in [0.05, 0.1) is 0 Å². The normalized spacial score (nSPS) is 9.92. The number of rotatable bonds is 2. The maximum Gasteiger partial charge on any atom is 0.169 e. The van der Waals surface area contributed by atoms with E-state index >= 15 is 0 Å². The van der Waals surface area contributed by atoms with Crippen molar-refractivity contribution in [2.45, 2.75) is 0 Å². The fourth-order valence-electron chi connectivity index (χ4n) is 2.65. The summed E-state index contributed by atoms with van der Waals surface area (Å²) in [5.74, 6) is 0. The molecular weight excluding hydrogens is 316 g/mol. The molecule has 0 aliphatic heterocycles. The van der Waals surface area contributed by atoms with Crippen LogP contribution < -0.4 is 9.13 Å². The highest BCUT2D eigenvalue weighted by atomic mass is 14.9. The third-order valence-electron chi connectivity index (χ3n) is 4.17. The average Bonchev–Trinajstić information content (AvgIpc) is 2.71. The van der Waals surface area contributed by atoms with E-state index < -0.39 is 0 Å². The Balaban J connectivity index is 0.000000151. The molecule has 0 fully saturated rings. The van der Waals surface area contributed by atoms with Gasteiger partial charge in [-0.3, -0.25) is 0 Å². The van der Waals surface area contributed by atoms with Crippen molar-refractivity contribution < 1.29 is 9.13 Å². The fourth-order valence-corrected chi connectivity index (χ4v) is 2.65. The summed E-state index contributed by atoms with van der Waals surface area (Å²) in [5.41, 5.74) is 5.06. The van der Waals surface area contributed by atoms with Crippen molar-refractivity contribution in [3.8, 4) is 22.3 Å². The Morgan fingerprint density at radius 3 is 0.962 bits per heavy atom. The van der Waals surface area contributed by atoms with Gasteiger partial charge in [-0.15, -0.1) is 0 Å². The van der Waals surface area contributed by atoms with E-state index in [4.69, 9.17) is 0 Å². The largest absolute Gasteiger partial charge is 0.208 e. The maximum atomic E-state index is 2.12. The molecule has 128 valence electrons. The second-order valence-electron chi connectivity index (χ2n) is 6.24. The van der Waals surface area contributed by atoms with Gasteiger partial charge < -0.3 is 0 Å². The molecule has 2 nitrogen and oxygen atoms in total. The van der Waals surface area contributed by atoms with Crippen LogP contribution in [0.25, 0.3) is 22.3 Å². The van der Waals surface area contributed by atoms with E-state index in [1.807, 2.05) is 35.4 Å². The standard InChI is InChI=1S/2C12H12N/c2*1-13-9-7-12(8-10-13)11-5-3-2-4-6-11/h2*2-10H,1H3/q2*+1. The molecule has 0 radical (unpaired) electrons. The minimum atomic E-state index is 1.26. The zero-order valence-electron chi connectivity index (χ0n) is 15.3. The van der Waals surface area contributed by atoms with Crippen LogP contribution >= 0.6 is 0 Å². The third kappa shape index (κ3) is 4.87. The van der Waals surface area contributed by atoms with Crippen LogP contribution in [0.5, 0.6) is 0 Å². The number of benzene rings is 2. The highest BCUT2D eigenvalue weighted by Crippen LogP contribution is 2.17. The summed E-state index contributed by atoms with van der Waals surface area (Å²) < 4.78 is 4.07. The van der Waals surface area contributed by atoms with Crippen LogP contribution in [0.2, 0.25) is 0 Å². The smallest absolute Gasteiger partial charge is 0.169 e. The van der Waals surface area contributed by atoms with Gasteiger partial charge >= 0.3 is 0 Å². The Labute approximate surface area is 155 Å². The SMILES string of the molecule is C[n+]1ccc(-c2ccccc2)cc1.C[n+]1ccc(-c2ccccc2)cc1. The topological polar surface area (TPSA) is 7.76 Å². The quantitative estimate of drug-likeness (QED) is 0.479. The van der Waals surface area contributed by atoms with Gasteiger partial charge in [-0.2, -0.15) is 0 Å². The van der Waals surface area contributed by atoms with Gasteiger partial charge in [0.1, 0.15) is 14.1 Å². The highest BCUT2D eigenvalue weighted by Gasteiger charge is 1.98. The molecule has 26 heavy (non-hydrogen) atoms. The van der Waals surface area contributed by atoms with Crippen molar-refractivity contribution >= 4 is 0 Å². The summed E-state index contributed by atoms with van der Waals surface area (Å²) >= 11 is 0. The molecule has 0 aliphatic carbocycles. The van der Waals surface area contributed by atoms with Crippen LogP contribution in [0.4, 0.5) is 0 Å². The van der Waals surface area contributed by atoms with Crippen LogP contribution in [0, 0.1) is 0 Å². The molecule has 0 unspecified atom stereocenters. The van der Waals surface area contributed by atoms with Crippen molar-refractivity contribution in [2.75, 3.05) is 0 Å². The lowest BCUT2D eigenvalue weighted by Crippen LogP contribution is -2.25. The molecule has 0 saturated heterocycles. The van der Waals surface area contributed by atoms with E-state index in [0.717, 1.165) is 0 Å². The minimum Gasteiger partial charge on any atom is -0.208 e. The Hall–Kier alpha value is -3.26. The van der Waals surface area contributed by atoms with Crippen molar-refractivity contribution in [2.24, 2.45) is 14.1 Å². The second kappa shape index (κ2) is 8.72. The average molecular weight is 340 g/mol. The zero-order chi connectivity index (χ0) is 18.2. The van der Waals surface area contributed by atoms with Gasteiger partial charge in [-0.05, 0) is 22.3 Å². The Morgan fingerprint density at radius 1 is 0.385 bits per heavy atom. The summed E-state index contributed by atoms with van der Waals surface area (Å²) in [6.45, 7) is 0. The summed E-state index contributed by atoms with van der Waals surface area (Å²) in [6.07, 6.45) is 8.23. The molecule has 0 bridgehead atoms. The molecule has 4 aromatic rings. The fraction of sp³-hybridized carbons (Fsp3) is 0.0833. The van der Waals surface area contributed by atoms with Gasteiger partial charge in [0.15, 0.2) is 24.8 Å². The van der Waals surface area contributed by atoms with Crippen LogP contribution in [0.1, 0.15) is 0 Å². The van der Waals surface area contributed by atoms with E-state index in [2.05, 4.69) is 97.6 Å². The van der Waals surface area contributed by atoms with Crippen molar-refractivity contribution in [3.63, 3.8) is 0 Å². The summed E-state index contributed by atoms with van der Waals surface area (Å²) in [7, 11) is 4.05. The summed E-state index contributed by atoms with van der Waals surface area (Å²) in [5, 5.41) is 0. The number of nitrogens with zero attached hydrogens (tertiary/aromatic N) is 2. The first-order valence-electron chi connectivity index (χ1n) is 8.74. The van der Waals surface area contributed by atoms with E-state index in [9.17, 15) is 0 Å². The highest BCUT2D eigenvalue weighted by molar-refractivity contribution is 5.62. The lowest BCUT2D eigenvalue weighted by atomic mass is 10.1. The summed E-state index contributed by atoms with van der Waals surface area (Å²) in [6, 6.07) is 29.3. The number of pyridine rings is 2. The lowest BCUT2D eigenvalue weighted by molar-refractivity contribution is -0.671. The van der Waals surface area contributed by atoms with Gasteiger partial charge in [-0.25, -0.2) is 9.13 Å². The number of aromatic nitrogens is 2. The van der Waals surface area contributed by atoms with Crippen molar-refractivity contribution in [3.05, 3.63) is 110 Å². The Morgan fingerprint density at radius 2 is 0.654 bits per heavy atom. The zero-order valence-corrected chi connectivity index (χ0v) is 15.3. The molecular formula is C24H24N2+2. The molecule has 2 heteroatoms. The van der Waals surface area contributed by atoms with E-state index in [0.29, 0.717) is 0 Å². The van der Waals surface area contributed by atoms with Crippen LogP contribution in [-0.2, 0) is 14.1 Å². The molecule has 0 N–H and O–H groups in total. The molecule has 0 amide bonds. The second-order valence-corrected chi connectivity index (χ2v) is 6.24. The summed E-state index contributed by atoms with van der Waals surface area (Å²) in [4.78, 5) is 0. The van der Waals surface area contributed by atoms with Gasteiger partial charge in [0.2, 0.25) is 0 Å². The van der Waals surface area contributed by atoms with Crippen LogP contribution in [0.3, 0.4) is 0 Å². The van der Waals surface area contributed by atoms with E-state index in [-0.39, 0.29) is 0 Å². The Kier molecular flexibility index (Phi) is 5.89. The molecule has 0 spiro atoms. The first-order chi connectivity index (χ1) is 12.7. The van der Waals surface area contributed by atoms with Crippen molar-refractivity contribution in [1.82, 2.24) is 0 Å². The van der Waals surface area contributed by atoms with Gasteiger partial charge in [0.25, 0.3) is 0 Å². The number of hydrogen-bond acceptors (Lipinski definition) is 0. The van der Waals surface area contributed by atoms with E-state index in [1.54, 1.807) is 0 Å². The van der Waals surface area contributed by atoms with Crippen LogP contribution in [-0.4, -0.2) is 0 Å².